The number of anilines is 1. The zero-order chi connectivity index (χ0) is 13.5. The van der Waals surface area contributed by atoms with E-state index in [0.29, 0.717) is 6.73 Å². The Morgan fingerprint density at radius 3 is 2.45 bits per heavy atom. The van der Waals surface area contributed by atoms with Crippen LogP contribution in [0.4, 0.5) is 5.69 Å². The maximum Gasteiger partial charge on any atom is 0.231 e. The predicted molar refractivity (Wildman–Crippen MR) is 75.7 cm³/mol. The molecule has 0 unspecified atom stereocenters. The van der Waals surface area contributed by atoms with Crippen molar-refractivity contribution in [2.45, 2.75) is 6.54 Å². The molecule has 20 heavy (non-hydrogen) atoms. The van der Waals surface area contributed by atoms with Crippen LogP contribution in [-0.4, -0.2) is 13.5 Å². The van der Waals surface area contributed by atoms with E-state index in [2.05, 4.69) is 4.90 Å². The lowest BCUT2D eigenvalue weighted by atomic mass is 10.1. The van der Waals surface area contributed by atoms with E-state index in [-0.39, 0.29) is 6.79 Å². The summed E-state index contributed by atoms with van der Waals surface area (Å²) in [5.74, 6) is 2.40. The van der Waals surface area contributed by atoms with E-state index < -0.39 is 0 Å². The van der Waals surface area contributed by atoms with Gasteiger partial charge >= 0.3 is 0 Å². The molecule has 0 N–H and O–H groups in total. The average Bonchev–Trinajstić information content (AvgIpc) is 2.92. The molecule has 0 bridgehead atoms. The quantitative estimate of drug-likeness (QED) is 0.805. The Morgan fingerprint density at radius 2 is 1.65 bits per heavy atom. The van der Waals surface area contributed by atoms with Crippen LogP contribution in [0.3, 0.4) is 0 Å². The van der Waals surface area contributed by atoms with E-state index in [1.165, 1.54) is 0 Å². The number of nitrogens with zero attached hydrogens (tertiary/aromatic N) is 1. The first kappa shape index (κ1) is 11.7. The molecule has 0 radical (unpaired) electrons. The number of ether oxygens (including phenoxy) is 3. The third-order valence-electron chi connectivity index (χ3n) is 3.48. The first-order valence-corrected chi connectivity index (χ1v) is 6.73. The first-order valence-electron chi connectivity index (χ1n) is 6.35. The molecule has 0 aromatic heterocycles. The maximum absolute atomic E-state index is 5.92. The highest BCUT2D eigenvalue weighted by molar-refractivity contribution is 6.30. The minimum atomic E-state index is 0.277. The van der Waals surface area contributed by atoms with Crippen LogP contribution in [0.15, 0.2) is 36.4 Å². The Balaban J connectivity index is 1.64. The van der Waals surface area contributed by atoms with Gasteiger partial charge in [-0.25, -0.2) is 0 Å². The van der Waals surface area contributed by atoms with Crippen molar-refractivity contribution in [1.82, 2.24) is 0 Å². The second-order valence-corrected chi connectivity index (χ2v) is 5.20. The third kappa shape index (κ3) is 1.93. The van der Waals surface area contributed by atoms with E-state index >= 15 is 0 Å². The fourth-order valence-corrected chi connectivity index (χ4v) is 2.57. The summed E-state index contributed by atoms with van der Waals surface area (Å²) in [6.07, 6.45) is 0. The Morgan fingerprint density at radius 1 is 0.900 bits per heavy atom. The van der Waals surface area contributed by atoms with Gasteiger partial charge in [0.1, 0.15) is 5.75 Å². The normalized spacial score (nSPS) is 15.8. The van der Waals surface area contributed by atoms with E-state index in [4.69, 9.17) is 25.8 Å². The van der Waals surface area contributed by atoms with Gasteiger partial charge in [0.05, 0.1) is 0 Å². The molecular weight excluding hydrogens is 278 g/mol. The smallest absolute Gasteiger partial charge is 0.231 e. The molecule has 4 nitrogen and oxygen atoms in total. The van der Waals surface area contributed by atoms with E-state index in [9.17, 15) is 0 Å². The molecule has 0 saturated carbocycles. The number of halogens is 1. The van der Waals surface area contributed by atoms with Crippen LogP contribution in [0.5, 0.6) is 17.2 Å². The Labute approximate surface area is 121 Å². The largest absolute Gasteiger partial charge is 0.473 e. The van der Waals surface area contributed by atoms with Crippen LogP contribution >= 0.6 is 11.6 Å². The molecule has 0 aliphatic carbocycles. The van der Waals surface area contributed by atoms with Crippen molar-refractivity contribution >= 4 is 17.3 Å². The fourth-order valence-electron chi connectivity index (χ4n) is 2.44. The fraction of sp³-hybridized carbons (Fsp3) is 0.200. The molecule has 5 heteroatoms. The van der Waals surface area contributed by atoms with Crippen molar-refractivity contribution in [2.24, 2.45) is 0 Å². The number of rotatable bonds is 1. The van der Waals surface area contributed by atoms with Crippen LogP contribution < -0.4 is 19.1 Å². The molecule has 0 spiro atoms. The van der Waals surface area contributed by atoms with Crippen LogP contribution in [0.2, 0.25) is 5.02 Å². The summed E-state index contributed by atoms with van der Waals surface area (Å²) in [5.41, 5.74) is 2.17. The lowest BCUT2D eigenvalue weighted by Gasteiger charge is -2.30. The lowest BCUT2D eigenvalue weighted by molar-refractivity contribution is 0.174. The van der Waals surface area contributed by atoms with Crippen molar-refractivity contribution in [2.75, 3.05) is 18.4 Å². The summed E-state index contributed by atoms with van der Waals surface area (Å²) < 4.78 is 16.6. The minimum absolute atomic E-state index is 0.277. The second kappa shape index (κ2) is 4.49. The molecule has 2 aromatic carbocycles. The number of hydrogen-bond acceptors (Lipinski definition) is 4. The van der Waals surface area contributed by atoms with Gasteiger partial charge in [-0.1, -0.05) is 11.6 Å². The molecule has 2 aromatic rings. The summed E-state index contributed by atoms with van der Waals surface area (Å²) in [7, 11) is 0. The highest BCUT2D eigenvalue weighted by atomic mass is 35.5. The summed E-state index contributed by atoms with van der Waals surface area (Å²) in [4.78, 5) is 2.14. The van der Waals surface area contributed by atoms with Crippen LogP contribution in [0, 0.1) is 0 Å². The molecule has 2 heterocycles. The van der Waals surface area contributed by atoms with Gasteiger partial charge in [0.25, 0.3) is 0 Å². The average molecular weight is 290 g/mol. The minimum Gasteiger partial charge on any atom is -0.473 e. The maximum atomic E-state index is 5.92. The lowest BCUT2D eigenvalue weighted by Crippen LogP contribution is -2.31. The molecule has 0 amide bonds. The van der Waals surface area contributed by atoms with Gasteiger partial charge in [0.2, 0.25) is 6.79 Å². The van der Waals surface area contributed by atoms with Crippen LogP contribution in [-0.2, 0) is 6.54 Å². The van der Waals surface area contributed by atoms with Crippen molar-refractivity contribution < 1.29 is 14.2 Å². The number of hydrogen-bond donors (Lipinski definition) is 0. The van der Waals surface area contributed by atoms with Gasteiger partial charge in [0, 0.05) is 28.9 Å². The summed E-state index contributed by atoms with van der Waals surface area (Å²) in [5, 5.41) is 0.732. The van der Waals surface area contributed by atoms with Crippen LogP contribution in [0.1, 0.15) is 5.56 Å². The van der Waals surface area contributed by atoms with Gasteiger partial charge < -0.3 is 19.1 Å². The summed E-state index contributed by atoms with van der Waals surface area (Å²) >= 11 is 5.92. The number of fused-ring (bicyclic) bond motifs is 2. The zero-order valence-corrected chi connectivity index (χ0v) is 11.4. The number of benzene rings is 2. The molecular formula is C15H12ClNO3. The molecule has 4 rings (SSSR count). The third-order valence-corrected chi connectivity index (χ3v) is 3.74. The van der Waals surface area contributed by atoms with Gasteiger partial charge in [-0.2, -0.15) is 0 Å². The predicted octanol–water partition coefficient (Wildman–Crippen LogP) is 3.43. The monoisotopic (exact) mass is 289 g/mol. The van der Waals surface area contributed by atoms with Crippen molar-refractivity contribution in [3.05, 3.63) is 47.0 Å². The first-order chi connectivity index (χ1) is 9.79. The summed E-state index contributed by atoms with van der Waals surface area (Å²) in [6.45, 7) is 1.56. The van der Waals surface area contributed by atoms with Crippen molar-refractivity contribution in [3.63, 3.8) is 0 Å². The zero-order valence-electron chi connectivity index (χ0n) is 10.6. The van der Waals surface area contributed by atoms with Gasteiger partial charge in [0.15, 0.2) is 18.2 Å². The standard InChI is InChI=1S/C15H12ClNO3/c16-11-1-3-12(4-2-11)17-7-10-5-14-15(20-9-19-14)6-13(10)18-8-17/h1-6H,7-9H2. The molecule has 0 saturated heterocycles. The molecule has 2 aliphatic rings. The topological polar surface area (TPSA) is 30.9 Å². The van der Waals surface area contributed by atoms with E-state index in [0.717, 1.165) is 40.1 Å². The molecule has 0 atom stereocenters. The van der Waals surface area contributed by atoms with Crippen molar-refractivity contribution in [1.29, 1.82) is 0 Å². The highest BCUT2D eigenvalue weighted by Gasteiger charge is 2.23. The van der Waals surface area contributed by atoms with Gasteiger partial charge in [-0.05, 0) is 30.3 Å². The molecule has 2 aliphatic heterocycles. The Hall–Kier alpha value is -2.07. The van der Waals surface area contributed by atoms with Gasteiger partial charge in [-0.15, -0.1) is 0 Å². The molecule has 102 valence electrons. The Bertz CT molecular complexity index is 657. The van der Waals surface area contributed by atoms with Gasteiger partial charge in [-0.3, -0.25) is 0 Å². The van der Waals surface area contributed by atoms with Crippen molar-refractivity contribution in [3.8, 4) is 17.2 Å². The SMILES string of the molecule is Clc1ccc(N2COc3cc4c(cc3C2)OCO4)cc1. The highest BCUT2D eigenvalue weighted by Crippen LogP contribution is 2.40. The Kier molecular flexibility index (Phi) is 2.63. The van der Waals surface area contributed by atoms with Crippen LogP contribution in [0.25, 0.3) is 0 Å². The van der Waals surface area contributed by atoms with E-state index in [1.54, 1.807) is 0 Å². The molecule has 0 fully saturated rings. The second-order valence-electron chi connectivity index (χ2n) is 4.76. The summed E-state index contributed by atoms with van der Waals surface area (Å²) in [6, 6.07) is 11.6. The van der Waals surface area contributed by atoms with E-state index in [1.807, 2.05) is 36.4 Å².